The number of rotatable bonds is 4. The normalized spacial score (nSPS) is 11.6. The Hall–Kier alpha value is -12.9. The number of hydrogen-bond donors (Lipinski definition) is 0. The molecule has 0 bridgehead atoms. The first-order valence-electron chi connectivity index (χ1n) is 38.8. The van der Waals surface area contributed by atoms with Gasteiger partial charge >= 0.3 is 0 Å². The van der Waals surface area contributed by atoms with E-state index in [2.05, 4.69) is 386 Å². The van der Waals surface area contributed by atoms with Crippen LogP contribution in [0.15, 0.2) is 291 Å². The largest absolute Gasteiger partial charge is 0.309 e. The molecule has 0 aliphatic heterocycles. The summed E-state index contributed by atoms with van der Waals surface area (Å²) in [5.41, 5.74) is 21.9. The zero-order chi connectivity index (χ0) is 81.2. The number of pyridine rings is 3. The van der Waals surface area contributed by atoms with E-state index < -0.39 is 0 Å². The average molecular weight is 1480 g/mol. The van der Waals surface area contributed by atoms with Crippen LogP contribution in [-0.4, -0.2) is 28.7 Å². The Kier molecular flexibility index (Phi) is 24.3. The maximum absolute atomic E-state index is 8.98. The van der Waals surface area contributed by atoms with Gasteiger partial charge in [0.2, 0.25) is 0 Å². The molecule has 0 amide bonds. The van der Waals surface area contributed by atoms with Crippen molar-refractivity contribution in [1.29, 1.82) is 10.5 Å². The highest BCUT2D eigenvalue weighted by Gasteiger charge is 2.25. The fraction of sp³-hybridized carbons (Fsp3) is 0.229. The third kappa shape index (κ3) is 18.8. The standard InChI is InChI=1S/C34H28N2.C21H20N2.C15H17N.2C13H13N.C9H13N/c1-34(2,3)23-20-24(35-30-16-8-4-12-26(30)27-13-5-9-17-31(27)35)22-25(21-23)36-32-18-10-6-14-28(32)29-15-7-11-19-33(29)36;1-21(2,3)19-13-8-14-20(22-19)23-17-11-6-4-9-15(17)16-10-5-7-12-18(16)23;1-15(2,3)14-11-7-10-13(16-14)12-8-5-4-6-9-12;1-5-10-6-11(9-14)8-12(7-10)13(2,3)4;1-5-10-7-6-8-11(9-14)12(10)13(2,3)4;1-9(2,3)8-6-4-5-7-10-8/h4-22H,1-3H3;4-14H,1-3H3;4-11H,1-3H3;2*1,6-8H,2-4H3;4-7H,1-3H3. The Morgan fingerprint density at radius 2 is 0.664 bits per heavy atom. The summed E-state index contributed by atoms with van der Waals surface area (Å²) in [7, 11) is 0. The van der Waals surface area contributed by atoms with E-state index in [1.807, 2.05) is 60.8 Å². The first-order chi connectivity index (χ1) is 53.7. The highest BCUT2D eigenvalue weighted by molar-refractivity contribution is 6.11. The molecule has 0 radical (unpaired) electrons. The quantitative estimate of drug-likeness (QED) is 0.163. The predicted molar refractivity (Wildman–Crippen MR) is 478 cm³/mol. The lowest BCUT2D eigenvalue weighted by atomic mass is 9.81. The number of benzene rings is 10. The molecule has 8 nitrogen and oxygen atoms in total. The van der Waals surface area contributed by atoms with Crippen LogP contribution in [0.2, 0.25) is 0 Å². The number of para-hydroxylation sites is 6. The second-order valence-corrected chi connectivity index (χ2v) is 34.8. The molecule has 0 saturated heterocycles. The molecule has 16 aromatic rings. The van der Waals surface area contributed by atoms with E-state index in [0.717, 1.165) is 50.8 Å². The van der Waals surface area contributed by atoms with E-state index in [1.54, 1.807) is 12.1 Å². The molecule has 0 unspecified atom stereocenters. The van der Waals surface area contributed by atoms with Crippen LogP contribution in [0.3, 0.4) is 0 Å². The molecule has 0 atom stereocenters. The zero-order valence-corrected chi connectivity index (χ0v) is 68.9. The van der Waals surface area contributed by atoms with Crippen LogP contribution in [0.4, 0.5) is 0 Å². The Balaban J connectivity index is 0.000000142. The van der Waals surface area contributed by atoms with Crippen LogP contribution in [0, 0.1) is 47.3 Å². The number of terminal acetylenes is 2. The van der Waals surface area contributed by atoms with Crippen LogP contribution < -0.4 is 0 Å². The van der Waals surface area contributed by atoms with Crippen molar-refractivity contribution >= 4 is 65.4 Å². The van der Waals surface area contributed by atoms with Crippen molar-refractivity contribution in [3.63, 3.8) is 0 Å². The Morgan fingerprint density at radius 3 is 1.04 bits per heavy atom. The zero-order valence-electron chi connectivity index (χ0n) is 68.9. The molecule has 564 valence electrons. The minimum atomic E-state index is -0.0893. The molecule has 0 spiro atoms. The van der Waals surface area contributed by atoms with Gasteiger partial charge in [-0.25, -0.2) is 4.98 Å². The lowest BCUT2D eigenvalue weighted by Gasteiger charge is -2.23. The highest BCUT2D eigenvalue weighted by atomic mass is 15.1. The predicted octanol–water partition coefficient (Wildman–Crippen LogP) is 26.8. The number of fused-ring (bicyclic) bond motifs is 9. The van der Waals surface area contributed by atoms with Gasteiger partial charge in [-0.1, -0.05) is 300 Å². The topological polar surface area (TPSA) is 101 Å². The van der Waals surface area contributed by atoms with Gasteiger partial charge in [-0.3, -0.25) is 14.5 Å². The first kappa shape index (κ1) is 81.1. The molecule has 16 rings (SSSR count). The van der Waals surface area contributed by atoms with E-state index in [-0.39, 0.29) is 32.5 Å². The lowest BCUT2D eigenvalue weighted by Crippen LogP contribution is -2.15. The fourth-order valence-corrected chi connectivity index (χ4v) is 14.0. The minimum Gasteiger partial charge on any atom is -0.309 e. The van der Waals surface area contributed by atoms with Gasteiger partial charge in [0.05, 0.1) is 62.1 Å². The minimum absolute atomic E-state index is 0.00226. The van der Waals surface area contributed by atoms with Crippen molar-refractivity contribution in [3.05, 3.63) is 347 Å². The Morgan fingerprint density at radius 1 is 0.292 bits per heavy atom. The van der Waals surface area contributed by atoms with Gasteiger partial charge in [-0.15, -0.1) is 12.8 Å². The van der Waals surface area contributed by atoms with Crippen LogP contribution in [0.5, 0.6) is 0 Å². The molecule has 0 fully saturated rings. The van der Waals surface area contributed by atoms with Crippen LogP contribution in [-0.2, 0) is 32.5 Å². The second kappa shape index (κ2) is 33.8. The second-order valence-electron chi connectivity index (χ2n) is 34.8. The molecule has 0 saturated carbocycles. The Labute approximate surface area is 670 Å². The molecule has 113 heavy (non-hydrogen) atoms. The molecule has 6 heterocycles. The van der Waals surface area contributed by atoms with Gasteiger partial charge < -0.3 is 9.13 Å². The van der Waals surface area contributed by atoms with Crippen molar-refractivity contribution in [2.45, 2.75) is 157 Å². The highest BCUT2D eigenvalue weighted by Crippen LogP contribution is 2.40. The summed E-state index contributed by atoms with van der Waals surface area (Å²) in [5.74, 6) is 6.17. The molecular weight excluding hydrogens is 1370 g/mol. The van der Waals surface area contributed by atoms with Crippen LogP contribution in [0.1, 0.15) is 181 Å². The van der Waals surface area contributed by atoms with Crippen molar-refractivity contribution in [2.75, 3.05) is 0 Å². The molecule has 0 aliphatic carbocycles. The summed E-state index contributed by atoms with van der Waals surface area (Å²) >= 11 is 0. The van der Waals surface area contributed by atoms with Gasteiger partial charge in [0, 0.05) is 99.9 Å². The molecule has 6 aromatic heterocycles. The summed E-state index contributed by atoms with van der Waals surface area (Å²) in [5, 5.41) is 25.5. The van der Waals surface area contributed by atoms with Gasteiger partial charge in [0.1, 0.15) is 5.82 Å². The van der Waals surface area contributed by atoms with Gasteiger partial charge in [0.15, 0.2) is 0 Å². The van der Waals surface area contributed by atoms with E-state index in [4.69, 9.17) is 33.3 Å². The summed E-state index contributed by atoms with van der Waals surface area (Å²) in [4.78, 5) is 13.9. The lowest BCUT2D eigenvalue weighted by molar-refractivity contribution is 0.567. The molecule has 0 aliphatic rings. The van der Waals surface area contributed by atoms with Gasteiger partial charge in [-0.2, -0.15) is 10.5 Å². The maximum atomic E-state index is 8.98. The molecule has 8 heteroatoms. The van der Waals surface area contributed by atoms with Gasteiger partial charge in [0.25, 0.3) is 0 Å². The number of hydrogen-bond acceptors (Lipinski definition) is 5. The van der Waals surface area contributed by atoms with E-state index in [0.29, 0.717) is 11.1 Å². The summed E-state index contributed by atoms with van der Waals surface area (Å²) in [6.07, 6.45) is 12.6. The summed E-state index contributed by atoms with van der Waals surface area (Å²) < 4.78 is 7.12. The van der Waals surface area contributed by atoms with E-state index in [1.165, 1.54) is 87.9 Å². The van der Waals surface area contributed by atoms with Crippen molar-refractivity contribution in [2.24, 2.45) is 0 Å². The molecule has 0 N–H and O–H groups in total. The number of nitriles is 2. The molecular formula is C105H104N8. The summed E-state index contributed by atoms with van der Waals surface area (Å²) in [6, 6.07) is 103. The monoisotopic (exact) mass is 1480 g/mol. The molecule has 10 aromatic carbocycles. The van der Waals surface area contributed by atoms with Gasteiger partial charge in [-0.05, 0) is 154 Å². The number of nitrogens with zero attached hydrogens (tertiary/aromatic N) is 8. The fourth-order valence-electron chi connectivity index (χ4n) is 14.0. The van der Waals surface area contributed by atoms with Crippen molar-refractivity contribution < 1.29 is 0 Å². The van der Waals surface area contributed by atoms with Crippen molar-refractivity contribution in [1.82, 2.24) is 28.7 Å². The third-order valence-electron chi connectivity index (χ3n) is 20.0. The van der Waals surface area contributed by atoms with E-state index in [9.17, 15) is 0 Å². The third-order valence-corrected chi connectivity index (χ3v) is 20.0. The van der Waals surface area contributed by atoms with Crippen LogP contribution >= 0.6 is 0 Å². The van der Waals surface area contributed by atoms with Crippen molar-refractivity contribution in [3.8, 4) is 65.3 Å². The average Bonchev–Trinajstić information content (AvgIpc) is 1.59. The Bertz CT molecular complexity index is 5870. The SMILES string of the molecule is C#Cc1cc(C#N)cc(C(C)(C)C)c1.C#Cc1cccc(C#N)c1C(C)(C)C.CC(C)(C)c1cc(-n2c3ccccc3c3ccccc32)cc(-n2c3ccccc3c3ccccc32)c1.CC(C)(C)c1cccc(-c2ccccc2)n1.CC(C)(C)c1cccc(-n2c3ccccc3c3ccccc32)n1.CC(C)(C)c1ccccn1. The van der Waals surface area contributed by atoms with E-state index >= 15 is 0 Å². The number of aromatic nitrogens is 6. The first-order valence-corrected chi connectivity index (χ1v) is 38.8. The summed E-state index contributed by atoms with van der Waals surface area (Å²) in [6.45, 7) is 39.0. The smallest absolute Gasteiger partial charge is 0.137 e. The maximum Gasteiger partial charge on any atom is 0.137 e. The van der Waals surface area contributed by atoms with Crippen LogP contribution in [0.25, 0.3) is 93.9 Å².